The van der Waals surface area contributed by atoms with E-state index in [4.69, 9.17) is 0 Å². The molecule has 3 nitrogen and oxygen atoms in total. The molecule has 22 heavy (non-hydrogen) atoms. The summed E-state index contributed by atoms with van der Waals surface area (Å²) in [6, 6.07) is 10.9. The molecular weight excluding hydrogens is 272 g/mol. The summed E-state index contributed by atoms with van der Waals surface area (Å²) in [4.78, 5) is 16.1. The molecule has 1 aliphatic carbocycles. The highest BCUT2D eigenvalue weighted by atomic mass is 16.2. The van der Waals surface area contributed by atoms with Crippen molar-refractivity contribution in [2.75, 3.05) is 27.2 Å². The van der Waals surface area contributed by atoms with Crippen LogP contribution in [0, 0.1) is 5.41 Å². The van der Waals surface area contributed by atoms with E-state index in [9.17, 15) is 4.79 Å². The Hall–Kier alpha value is -1.35. The van der Waals surface area contributed by atoms with Gasteiger partial charge in [0.25, 0.3) is 0 Å². The molecule has 2 aliphatic rings. The van der Waals surface area contributed by atoms with E-state index in [1.165, 1.54) is 37.7 Å². The summed E-state index contributed by atoms with van der Waals surface area (Å²) in [5, 5.41) is 0. The van der Waals surface area contributed by atoms with E-state index in [0.717, 1.165) is 13.1 Å². The maximum absolute atomic E-state index is 11.6. The van der Waals surface area contributed by atoms with Crippen molar-refractivity contribution < 1.29 is 4.79 Å². The molecule has 0 atom stereocenters. The second-order valence-electron chi connectivity index (χ2n) is 7.48. The van der Waals surface area contributed by atoms with Crippen molar-refractivity contribution in [1.29, 1.82) is 0 Å². The second-order valence-corrected chi connectivity index (χ2v) is 7.48. The third kappa shape index (κ3) is 2.56. The van der Waals surface area contributed by atoms with Crippen LogP contribution in [-0.2, 0) is 10.3 Å². The molecule has 1 aromatic rings. The Morgan fingerprint density at radius 3 is 2.18 bits per heavy atom. The molecule has 1 aromatic carbocycles. The van der Waals surface area contributed by atoms with Crippen LogP contribution in [-0.4, -0.2) is 42.9 Å². The minimum Gasteiger partial charge on any atom is -0.342 e. The van der Waals surface area contributed by atoms with Gasteiger partial charge in [0.2, 0.25) is 5.91 Å². The Bertz CT molecular complexity index is 530. The van der Waals surface area contributed by atoms with Crippen molar-refractivity contribution in [2.45, 2.75) is 44.6 Å². The fourth-order valence-corrected chi connectivity index (χ4v) is 4.55. The molecule has 3 rings (SSSR count). The average Bonchev–Trinajstić information content (AvgIpc) is 2.93. The molecule has 1 saturated carbocycles. The van der Waals surface area contributed by atoms with Crippen LogP contribution in [0.2, 0.25) is 0 Å². The Kier molecular flexibility index (Phi) is 4.02. The van der Waals surface area contributed by atoms with Gasteiger partial charge in [0.1, 0.15) is 0 Å². The Morgan fingerprint density at radius 2 is 1.68 bits per heavy atom. The Balaban J connectivity index is 1.78. The first kappa shape index (κ1) is 15.5. The quantitative estimate of drug-likeness (QED) is 0.837. The summed E-state index contributed by atoms with van der Waals surface area (Å²) in [6.07, 6.45) is 6.02. The van der Waals surface area contributed by atoms with E-state index < -0.39 is 0 Å². The number of carbonyl (C=O) groups is 1. The summed E-state index contributed by atoms with van der Waals surface area (Å²) >= 11 is 0. The number of hydrogen-bond donors (Lipinski definition) is 0. The number of rotatable bonds is 2. The molecule has 1 saturated heterocycles. The summed E-state index contributed by atoms with van der Waals surface area (Å²) in [7, 11) is 4.42. The van der Waals surface area contributed by atoms with Crippen molar-refractivity contribution in [3.8, 4) is 0 Å². The average molecular weight is 300 g/mol. The van der Waals surface area contributed by atoms with Crippen LogP contribution in [0.1, 0.15) is 44.6 Å². The molecular formula is C19H28N2O. The van der Waals surface area contributed by atoms with Gasteiger partial charge < -0.3 is 4.90 Å². The maximum atomic E-state index is 11.6. The number of benzene rings is 1. The zero-order valence-electron chi connectivity index (χ0n) is 14.1. The topological polar surface area (TPSA) is 23.6 Å². The Morgan fingerprint density at radius 1 is 1.05 bits per heavy atom. The highest BCUT2D eigenvalue weighted by molar-refractivity contribution is 5.73. The lowest BCUT2D eigenvalue weighted by atomic mass is 9.64. The van der Waals surface area contributed by atoms with Crippen LogP contribution in [0.4, 0.5) is 0 Å². The molecule has 1 aliphatic heterocycles. The smallest absolute Gasteiger partial charge is 0.219 e. The van der Waals surface area contributed by atoms with Gasteiger partial charge in [-0.3, -0.25) is 9.69 Å². The van der Waals surface area contributed by atoms with Crippen LogP contribution in [0.3, 0.4) is 0 Å². The van der Waals surface area contributed by atoms with Gasteiger partial charge in [0.05, 0.1) is 0 Å². The normalized spacial score (nSPS) is 31.9. The maximum Gasteiger partial charge on any atom is 0.219 e. The van der Waals surface area contributed by atoms with E-state index >= 15 is 0 Å². The van der Waals surface area contributed by atoms with Gasteiger partial charge in [-0.25, -0.2) is 0 Å². The van der Waals surface area contributed by atoms with Crippen molar-refractivity contribution >= 4 is 5.91 Å². The molecule has 2 fully saturated rings. The van der Waals surface area contributed by atoms with Crippen LogP contribution < -0.4 is 0 Å². The molecule has 1 spiro atoms. The second kappa shape index (κ2) is 5.69. The molecule has 0 radical (unpaired) electrons. The lowest BCUT2D eigenvalue weighted by Crippen LogP contribution is -2.47. The number of hydrogen-bond acceptors (Lipinski definition) is 2. The highest BCUT2D eigenvalue weighted by Crippen LogP contribution is 2.51. The molecule has 0 unspecified atom stereocenters. The van der Waals surface area contributed by atoms with Gasteiger partial charge in [-0.15, -0.1) is 0 Å². The minimum absolute atomic E-state index is 0.163. The molecule has 1 amide bonds. The van der Waals surface area contributed by atoms with Crippen molar-refractivity contribution in [2.24, 2.45) is 5.41 Å². The largest absolute Gasteiger partial charge is 0.342 e. The minimum atomic E-state index is 0.163. The SMILES string of the molecule is CC(=O)N1CCC2(CCC(c3ccccc3)(N(C)C)CC2)C1. The van der Waals surface area contributed by atoms with Crippen molar-refractivity contribution in [1.82, 2.24) is 9.80 Å². The molecule has 3 heteroatoms. The van der Waals surface area contributed by atoms with E-state index in [-0.39, 0.29) is 11.4 Å². The molecule has 0 N–H and O–H groups in total. The van der Waals surface area contributed by atoms with E-state index in [1.807, 2.05) is 4.90 Å². The zero-order valence-corrected chi connectivity index (χ0v) is 14.1. The highest BCUT2D eigenvalue weighted by Gasteiger charge is 2.47. The molecule has 120 valence electrons. The number of nitrogens with zero attached hydrogens (tertiary/aromatic N) is 2. The van der Waals surface area contributed by atoms with Gasteiger partial charge >= 0.3 is 0 Å². The number of likely N-dealkylation sites (tertiary alicyclic amines) is 1. The van der Waals surface area contributed by atoms with Crippen molar-refractivity contribution in [3.63, 3.8) is 0 Å². The predicted octanol–water partition coefficient (Wildman–Crippen LogP) is 3.26. The first-order valence-electron chi connectivity index (χ1n) is 8.46. The van der Waals surface area contributed by atoms with Crippen molar-refractivity contribution in [3.05, 3.63) is 35.9 Å². The van der Waals surface area contributed by atoms with E-state index in [2.05, 4.69) is 49.3 Å². The van der Waals surface area contributed by atoms with Crippen LogP contribution in [0.15, 0.2) is 30.3 Å². The fourth-order valence-electron chi connectivity index (χ4n) is 4.55. The van der Waals surface area contributed by atoms with Crippen LogP contribution in [0.25, 0.3) is 0 Å². The number of carbonyl (C=O) groups excluding carboxylic acids is 1. The van der Waals surface area contributed by atoms with Gasteiger partial charge in [-0.2, -0.15) is 0 Å². The lowest BCUT2D eigenvalue weighted by molar-refractivity contribution is -0.128. The summed E-state index contributed by atoms with van der Waals surface area (Å²) < 4.78 is 0. The standard InChI is InChI=1S/C19H28N2O/c1-16(22)21-14-13-18(15-21)9-11-19(12-10-18,20(2)3)17-7-5-4-6-8-17/h4-8H,9-15H2,1-3H3. The Labute approximate surface area is 134 Å². The molecule has 0 bridgehead atoms. The van der Waals surface area contributed by atoms with E-state index in [0.29, 0.717) is 5.41 Å². The zero-order chi connectivity index (χ0) is 15.8. The fraction of sp³-hybridized carbons (Fsp3) is 0.632. The van der Waals surface area contributed by atoms with Gasteiger partial charge in [0.15, 0.2) is 0 Å². The van der Waals surface area contributed by atoms with Gasteiger partial charge in [-0.1, -0.05) is 30.3 Å². The first-order valence-corrected chi connectivity index (χ1v) is 8.46. The monoisotopic (exact) mass is 300 g/mol. The van der Waals surface area contributed by atoms with Crippen LogP contribution >= 0.6 is 0 Å². The summed E-state index contributed by atoms with van der Waals surface area (Å²) in [5.74, 6) is 0.240. The predicted molar refractivity (Wildman–Crippen MR) is 89.6 cm³/mol. The number of amides is 1. The van der Waals surface area contributed by atoms with Crippen LogP contribution in [0.5, 0.6) is 0 Å². The molecule has 0 aromatic heterocycles. The molecule has 1 heterocycles. The van der Waals surface area contributed by atoms with Gasteiger partial charge in [-0.05, 0) is 57.2 Å². The summed E-state index contributed by atoms with van der Waals surface area (Å²) in [5.41, 5.74) is 1.98. The van der Waals surface area contributed by atoms with E-state index in [1.54, 1.807) is 6.92 Å². The lowest BCUT2D eigenvalue weighted by Gasteiger charge is -2.49. The van der Waals surface area contributed by atoms with Gasteiger partial charge in [0, 0.05) is 25.6 Å². The first-order chi connectivity index (χ1) is 10.5. The third-order valence-electron chi connectivity index (χ3n) is 6.19. The summed E-state index contributed by atoms with van der Waals surface area (Å²) in [6.45, 7) is 3.63. The third-order valence-corrected chi connectivity index (χ3v) is 6.19.